The second-order valence-corrected chi connectivity index (χ2v) is 10.1. The number of unbranched alkanes of at least 4 members (excludes halogenated alkanes) is 12. The molecule has 0 spiro atoms. The van der Waals surface area contributed by atoms with Crippen molar-refractivity contribution in [1.82, 2.24) is 10.6 Å². The molecule has 0 aromatic rings. The second-order valence-electron chi connectivity index (χ2n) is 8.92. The maximum atomic E-state index is 9.33. The fourth-order valence-corrected chi connectivity index (χ4v) is 3.80. The van der Waals surface area contributed by atoms with Gasteiger partial charge in [0.05, 0.1) is 13.3 Å². The highest BCUT2D eigenvalue weighted by molar-refractivity contribution is 7.80. The molecule has 1 saturated heterocycles. The van der Waals surface area contributed by atoms with Crippen LogP contribution < -0.4 is 10.6 Å². The first-order chi connectivity index (χ1) is 13.7. The summed E-state index contributed by atoms with van der Waals surface area (Å²) in [5, 5.41) is 7.16. The van der Waals surface area contributed by atoms with Crippen LogP contribution in [0.4, 0.5) is 0 Å². The van der Waals surface area contributed by atoms with Crippen molar-refractivity contribution < 1.29 is 17.2 Å². The van der Waals surface area contributed by atoms with Gasteiger partial charge in [-0.05, 0) is 11.8 Å². The molecule has 0 aromatic heterocycles. The molecule has 3 N–H and O–H groups in total. The van der Waals surface area contributed by atoms with E-state index in [4.69, 9.17) is 4.55 Å². The van der Waals surface area contributed by atoms with Crippen molar-refractivity contribution in [1.29, 1.82) is 0 Å². The van der Waals surface area contributed by atoms with Gasteiger partial charge in [-0.25, -0.2) is 0 Å². The summed E-state index contributed by atoms with van der Waals surface area (Å²) in [7, 11) is -3.29. The van der Waals surface area contributed by atoms with Gasteiger partial charge in [-0.3, -0.25) is 8.74 Å². The Hall–Kier alpha value is -0.210. The minimum Gasteiger partial charge on any atom is -0.300 e. The number of hydrogen-bond acceptors (Lipinski definition) is 5. The highest BCUT2D eigenvalue weighted by atomic mass is 32.3. The molecule has 1 heterocycles. The Morgan fingerprint density at radius 3 is 1.52 bits per heavy atom. The third-order valence-corrected chi connectivity index (χ3v) is 6.16. The van der Waals surface area contributed by atoms with Gasteiger partial charge in [0, 0.05) is 13.1 Å². The third kappa shape index (κ3) is 18.3. The quantitative estimate of drug-likeness (QED) is 0.220. The van der Waals surface area contributed by atoms with E-state index >= 15 is 0 Å². The Kier molecular flexibility index (Phi) is 17.3. The molecule has 0 saturated carbocycles. The van der Waals surface area contributed by atoms with E-state index < -0.39 is 10.4 Å². The molecule has 1 fully saturated rings. The summed E-state index contributed by atoms with van der Waals surface area (Å²) in [6.07, 6.45) is 20.7. The first kappa shape index (κ1) is 28.8. The number of rotatable bonds is 16. The fraction of sp³-hybridized carbons (Fsp3) is 1.00. The molecule has 0 aliphatic carbocycles. The monoisotopic (exact) mass is 436 g/mol. The molecule has 0 amide bonds. The lowest BCUT2D eigenvalue weighted by Crippen LogP contribution is -2.44. The summed E-state index contributed by atoms with van der Waals surface area (Å²) in [6.45, 7) is 9.37. The molecule has 0 atom stereocenters. The lowest BCUT2D eigenvalue weighted by molar-refractivity contribution is 0.216. The van der Waals surface area contributed by atoms with E-state index in [0.717, 1.165) is 20.2 Å². The molecule has 7 heteroatoms. The molecule has 1 aliphatic rings. The minimum absolute atomic E-state index is 0.397. The molecule has 6 nitrogen and oxygen atoms in total. The maximum Gasteiger partial charge on any atom is 0.397 e. The van der Waals surface area contributed by atoms with Gasteiger partial charge in [-0.15, -0.1) is 0 Å². The van der Waals surface area contributed by atoms with Crippen molar-refractivity contribution in [2.45, 2.75) is 117 Å². The fourth-order valence-electron chi connectivity index (χ4n) is 3.80. The first-order valence-electron chi connectivity index (χ1n) is 11.7. The van der Waals surface area contributed by atoms with Gasteiger partial charge in [0.25, 0.3) is 0 Å². The Bertz CT molecular complexity index is 463. The lowest BCUT2D eigenvalue weighted by atomic mass is 9.83. The van der Waals surface area contributed by atoms with E-state index in [1.807, 2.05) is 0 Å². The predicted molar refractivity (Wildman–Crippen MR) is 122 cm³/mol. The van der Waals surface area contributed by atoms with Crippen LogP contribution in [0, 0.1) is 5.41 Å². The zero-order chi connectivity index (χ0) is 22.0. The summed E-state index contributed by atoms with van der Waals surface area (Å²) in [4.78, 5) is 0. The average molecular weight is 437 g/mol. The molecule has 29 heavy (non-hydrogen) atoms. The van der Waals surface area contributed by atoms with Crippen molar-refractivity contribution >= 4 is 10.4 Å². The van der Waals surface area contributed by atoms with Gasteiger partial charge in [0.15, 0.2) is 0 Å². The SMILES string of the molecule is CCCCCCCCCCCCCCCC(C)(C)C1NCCN1.COS(=O)(=O)O. The Morgan fingerprint density at radius 1 is 0.828 bits per heavy atom. The van der Waals surface area contributed by atoms with Crippen molar-refractivity contribution in [3.8, 4) is 0 Å². The van der Waals surface area contributed by atoms with Gasteiger partial charge in [0.1, 0.15) is 0 Å². The van der Waals surface area contributed by atoms with E-state index in [0.29, 0.717) is 11.6 Å². The molecule has 0 aromatic carbocycles. The smallest absolute Gasteiger partial charge is 0.300 e. The van der Waals surface area contributed by atoms with Crippen molar-refractivity contribution in [2.24, 2.45) is 5.41 Å². The molecular weight excluding hydrogens is 388 g/mol. The molecule has 0 unspecified atom stereocenters. The van der Waals surface area contributed by atoms with E-state index in [2.05, 4.69) is 35.6 Å². The van der Waals surface area contributed by atoms with Crippen LogP contribution in [-0.4, -0.2) is 39.3 Å². The normalized spacial score (nSPS) is 15.3. The third-order valence-electron chi connectivity index (χ3n) is 5.74. The second kappa shape index (κ2) is 17.5. The summed E-state index contributed by atoms with van der Waals surface area (Å²) >= 11 is 0. The van der Waals surface area contributed by atoms with E-state index in [9.17, 15) is 8.42 Å². The topological polar surface area (TPSA) is 87.7 Å². The zero-order valence-corrected chi connectivity index (χ0v) is 20.3. The molecule has 1 aliphatic heterocycles. The van der Waals surface area contributed by atoms with E-state index in [-0.39, 0.29) is 0 Å². The lowest BCUT2D eigenvalue weighted by Gasteiger charge is -2.31. The first-order valence-corrected chi connectivity index (χ1v) is 13.1. The van der Waals surface area contributed by atoms with Crippen molar-refractivity contribution in [3.05, 3.63) is 0 Å². The van der Waals surface area contributed by atoms with Gasteiger partial charge >= 0.3 is 10.4 Å². The van der Waals surface area contributed by atoms with E-state index in [1.54, 1.807) is 0 Å². The van der Waals surface area contributed by atoms with Crippen LogP contribution in [0.15, 0.2) is 0 Å². The Morgan fingerprint density at radius 2 is 1.17 bits per heavy atom. The standard InChI is InChI=1S/C21H44N2.CH4O4S/c1-4-5-6-7-8-9-10-11-12-13-14-15-16-17-21(2,3)20-22-18-19-23-20;1-5-6(2,3)4/h20,22-23H,4-19H2,1-3H3;1H3,(H,2,3,4). The van der Waals surface area contributed by atoms with Crippen LogP contribution in [0.3, 0.4) is 0 Å². The van der Waals surface area contributed by atoms with Crippen LogP contribution >= 0.6 is 0 Å². The van der Waals surface area contributed by atoms with Gasteiger partial charge in [-0.2, -0.15) is 8.42 Å². The molecule has 176 valence electrons. The highest BCUT2D eigenvalue weighted by Gasteiger charge is 2.30. The van der Waals surface area contributed by atoms with Crippen LogP contribution in [0.5, 0.6) is 0 Å². The minimum atomic E-state index is -4.16. The van der Waals surface area contributed by atoms with Gasteiger partial charge < -0.3 is 10.6 Å². The zero-order valence-electron chi connectivity index (χ0n) is 19.5. The summed E-state index contributed by atoms with van der Waals surface area (Å²) < 4.78 is 29.7. The van der Waals surface area contributed by atoms with Crippen LogP contribution in [0.2, 0.25) is 0 Å². The molecule has 1 rings (SSSR count). The summed E-state index contributed by atoms with van der Waals surface area (Å²) in [5.41, 5.74) is 0.397. The molecule has 0 radical (unpaired) electrons. The van der Waals surface area contributed by atoms with Gasteiger partial charge in [0.2, 0.25) is 0 Å². The Labute approximate surface area is 180 Å². The molecular formula is C22H48N2O4S. The van der Waals surface area contributed by atoms with Crippen molar-refractivity contribution in [2.75, 3.05) is 20.2 Å². The van der Waals surface area contributed by atoms with Crippen LogP contribution in [0.25, 0.3) is 0 Å². The largest absolute Gasteiger partial charge is 0.397 e. The maximum absolute atomic E-state index is 9.33. The van der Waals surface area contributed by atoms with Crippen molar-refractivity contribution in [3.63, 3.8) is 0 Å². The van der Waals surface area contributed by atoms with Crippen LogP contribution in [-0.2, 0) is 14.6 Å². The Balaban J connectivity index is 0.00000113. The van der Waals surface area contributed by atoms with E-state index in [1.165, 1.54) is 89.9 Å². The molecule has 0 bridgehead atoms. The summed E-state index contributed by atoms with van der Waals surface area (Å²) in [6, 6.07) is 0. The van der Waals surface area contributed by atoms with Crippen LogP contribution in [0.1, 0.15) is 111 Å². The van der Waals surface area contributed by atoms with Gasteiger partial charge in [-0.1, -0.05) is 104 Å². The summed E-state index contributed by atoms with van der Waals surface area (Å²) in [5.74, 6) is 0. The highest BCUT2D eigenvalue weighted by Crippen LogP contribution is 2.28. The number of hydrogen-bond donors (Lipinski definition) is 3. The predicted octanol–water partition coefficient (Wildman–Crippen LogP) is 5.45. The number of nitrogens with one attached hydrogen (secondary N) is 2. The average Bonchev–Trinajstić information content (AvgIpc) is 3.21.